The SMILES string of the molecule is CNc1nc(C)cc(N2CCC3(CC2)OCCc2cc(OC)c(OC)cc23)n1. The lowest BCUT2D eigenvalue weighted by atomic mass is 9.79. The Bertz CT molecular complexity index is 863. The molecule has 1 fully saturated rings. The maximum atomic E-state index is 6.39. The van der Waals surface area contributed by atoms with Gasteiger partial charge in [-0.15, -0.1) is 0 Å². The van der Waals surface area contributed by atoms with Gasteiger partial charge < -0.3 is 24.4 Å². The second kappa shape index (κ2) is 7.47. The van der Waals surface area contributed by atoms with Gasteiger partial charge in [0, 0.05) is 31.9 Å². The van der Waals surface area contributed by atoms with Crippen molar-refractivity contribution in [1.82, 2.24) is 9.97 Å². The molecule has 1 aromatic heterocycles. The van der Waals surface area contributed by atoms with Crippen molar-refractivity contribution in [3.05, 3.63) is 35.0 Å². The van der Waals surface area contributed by atoms with Gasteiger partial charge in [0.15, 0.2) is 11.5 Å². The minimum atomic E-state index is -0.266. The third-order valence-electron chi connectivity index (χ3n) is 5.81. The second-order valence-corrected chi connectivity index (χ2v) is 7.39. The fraction of sp³-hybridized carbons (Fsp3) is 0.524. The highest BCUT2D eigenvalue weighted by molar-refractivity contribution is 5.51. The van der Waals surface area contributed by atoms with Gasteiger partial charge in [0.1, 0.15) is 5.82 Å². The molecule has 0 amide bonds. The Hall–Kier alpha value is -2.54. The molecule has 2 aliphatic heterocycles. The van der Waals surface area contributed by atoms with E-state index in [2.05, 4.69) is 32.3 Å². The van der Waals surface area contributed by atoms with Gasteiger partial charge in [-0.2, -0.15) is 4.98 Å². The molecule has 0 saturated carbocycles. The quantitative estimate of drug-likeness (QED) is 0.869. The Kier molecular flexibility index (Phi) is 5.02. The van der Waals surface area contributed by atoms with Gasteiger partial charge in [0.05, 0.1) is 26.4 Å². The van der Waals surface area contributed by atoms with Crippen LogP contribution in [0.2, 0.25) is 0 Å². The number of rotatable bonds is 4. The molecule has 0 bridgehead atoms. The molecule has 0 atom stereocenters. The molecule has 0 aliphatic carbocycles. The van der Waals surface area contributed by atoms with E-state index in [1.165, 1.54) is 11.1 Å². The number of piperidine rings is 1. The number of benzene rings is 1. The smallest absolute Gasteiger partial charge is 0.224 e. The van der Waals surface area contributed by atoms with E-state index < -0.39 is 0 Å². The first-order valence-corrected chi connectivity index (χ1v) is 9.76. The van der Waals surface area contributed by atoms with E-state index in [9.17, 15) is 0 Å². The van der Waals surface area contributed by atoms with E-state index in [0.29, 0.717) is 5.95 Å². The maximum Gasteiger partial charge on any atom is 0.224 e. The highest BCUT2D eigenvalue weighted by Crippen LogP contribution is 2.45. The summed E-state index contributed by atoms with van der Waals surface area (Å²) >= 11 is 0. The largest absolute Gasteiger partial charge is 0.493 e. The minimum Gasteiger partial charge on any atom is -0.493 e. The first-order chi connectivity index (χ1) is 13.6. The third-order valence-corrected chi connectivity index (χ3v) is 5.81. The Labute approximate surface area is 166 Å². The number of methoxy groups -OCH3 is 2. The van der Waals surface area contributed by atoms with E-state index >= 15 is 0 Å². The number of anilines is 2. The molecule has 1 N–H and O–H groups in total. The van der Waals surface area contributed by atoms with Crippen LogP contribution in [-0.4, -0.2) is 50.9 Å². The van der Waals surface area contributed by atoms with Crippen LogP contribution < -0.4 is 19.7 Å². The number of aromatic nitrogens is 2. The van der Waals surface area contributed by atoms with Gasteiger partial charge in [0.2, 0.25) is 5.95 Å². The number of hydrogen-bond donors (Lipinski definition) is 1. The zero-order valence-electron chi connectivity index (χ0n) is 17.0. The molecule has 7 heteroatoms. The fourth-order valence-electron chi connectivity index (χ4n) is 4.32. The number of aryl methyl sites for hydroxylation is 1. The standard InChI is InChI=1S/C21H28N4O3/c1-14-11-19(24-20(22-2)23-14)25-8-6-21(7-9-25)16-13-18(27-4)17(26-3)12-15(16)5-10-28-21/h11-13H,5-10H2,1-4H3,(H,22,23,24). The number of fused-ring (bicyclic) bond motifs is 2. The summed E-state index contributed by atoms with van der Waals surface area (Å²) in [5.74, 6) is 3.17. The summed E-state index contributed by atoms with van der Waals surface area (Å²) in [7, 11) is 5.21. The summed E-state index contributed by atoms with van der Waals surface area (Å²) < 4.78 is 17.4. The molecule has 1 saturated heterocycles. The summed E-state index contributed by atoms with van der Waals surface area (Å²) in [6.07, 6.45) is 2.72. The number of nitrogens with zero attached hydrogens (tertiary/aromatic N) is 3. The second-order valence-electron chi connectivity index (χ2n) is 7.39. The highest BCUT2D eigenvalue weighted by atomic mass is 16.5. The minimum absolute atomic E-state index is 0.266. The molecule has 28 heavy (non-hydrogen) atoms. The first-order valence-electron chi connectivity index (χ1n) is 9.76. The third kappa shape index (κ3) is 3.24. The van der Waals surface area contributed by atoms with E-state index in [1.807, 2.05) is 20.0 Å². The zero-order valence-corrected chi connectivity index (χ0v) is 17.0. The molecule has 7 nitrogen and oxygen atoms in total. The van der Waals surface area contributed by atoms with Crippen LogP contribution in [0.3, 0.4) is 0 Å². The van der Waals surface area contributed by atoms with Crippen molar-refractivity contribution in [1.29, 1.82) is 0 Å². The van der Waals surface area contributed by atoms with Crippen molar-refractivity contribution in [2.24, 2.45) is 0 Å². The van der Waals surface area contributed by atoms with E-state index in [4.69, 9.17) is 14.2 Å². The van der Waals surface area contributed by atoms with Crippen LogP contribution in [0.25, 0.3) is 0 Å². The number of nitrogens with one attached hydrogen (secondary N) is 1. The normalized spacial score (nSPS) is 17.9. The number of hydrogen-bond acceptors (Lipinski definition) is 7. The Morgan fingerprint density at radius 3 is 2.46 bits per heavy atom. The molecule has 4 rings (SSSR count). The topological polar surface area (TPSA) is 68.7 Å². The summed E-state index contributed by atoms with van der Waals surface area (Å²) in [4.78, 5) is 11.3. The van der Waals surface area contributed by atoms with Crippen molar-refractivity contribution >= 4 is 11.8 Å². The molecular weight excluding hydrogens is 356 g/mol. The van der Waals surface area contributed by atoms with Gasteiger partial charge in [-0.05, 0) is 49.4 Å². The number of ether oxygens (including phenoxy) is 3. The van der Waals surface area contributed by atoms with Gasteiger partial charge in [-0.3, -0.25) is 0 Å². The van der Waals surface area contributed by atoms with Crippen LogP contribution in [0.4, 0.5) is 11.8 Å². The lowest BCUT2D eigenvalue weighted by Gasteiger charge is -2.45. The van der Waals surface area contributed by atoms with Crippen LogP contribution in [0, 0.1) is 6.92 Å². The molecule has 3 heterocycles. The van der Waals surface area contributed by atoms with Gasteiger partial charge >= 0.3 is 0 Å². The van der Waals surface area contributed by atoms with Crippen LogP contribution in [-0.2, 0) is 16.8 Å². The first kappa shape index (κ1) is 18.8. The molecule has 2 aliphatic rings. The summed E-state index contributed by atoms with van der Waals surface area (Å²) in [5.41, 5.74) is 3.24. The zero-order chi connectivity index (χ0) is 19.7. The Morgan fingerprint density at radius 2 is 1.79 bits per heavy atom. The molecule has 150 valence electrons. The van der Waals surface area contributed by atoms with Crippen LogP contribution in [0.1, 0.15) is 29.7 Å². The average Bonchev–Trinajstić information content (AvgIpc) is 2.73. The van der Waals surface area contributed by atoms with Crippen LogP contribution in [0.5, 0.6) is 11.5 Å². The maximum absolute atomic E-state index is 6.39. The van der Waals surface area contributed by atoms with E-state index in [-0.39, 0.29) is 5.60 Å². The van der Waals surface area contributed by atoms with Gasteiger partial charge in [-0.1, -0.05) is 0 Å². The summed E-state index contributed by atoms with van der Waals surface area (Å²) in [5, 5.41) is 3.04. The Morgan fingerprint density at radius 1 is 1.07 bits per heavy atom. The molecular formula is C21H28N4O3. The highest BCUT2D eigenvalue weighted by Gasteiger charge is 2.41. The van der Waals surface area contributed by atoms with Crippen molar-refractivity contribution in [3.63, 3.8) is 0 Å². The monoisotopic (exact) mass is 384 g/mol. The predicted molar refractivity (Wildman–Crippen MR) is 109 cm³/mol. The lowest BCUT2D eigenvalue weighted by molar-refractivity contribution is -0.0768. The molecule has 2 aromatic rings. The lowest BCUT2D eigenvalue weighted by Crippen LogP contribution is -2.47. The van der Waals surface area contributed by atoms with Crippen LogP contribution in [0.15, 0.2) is 18.2 Å². The van der Waals surface area contributed by atoms with Gasteiger partial charge in [0.25, 0.3) is 0 Å². The van der Waals surface area contributed by atoms with Crippen molar-refractivity contribution in [2.45, 2.75) is 31.8 Å². The van der Waals surface area contributed by atoms with Gasteiger partial charge in [-0.25, -0.2) is 4.98 Å². The molecule has 0 unspecified atom stereocenters. The van der Waals surface area contributed by atoms with E-state index in [0.717, 1.165) is 62.0 Å². The summed E-state index contributed by atoms with van der Waals surface area (Å²) in [6.45, 7) is 4.50. The van der Waals surface area contributed by atoms with Crippen molar-refractivity contribution in [2.75, 3.05) is 51.2 Å². The Balaban J connectivity index is 1.61. The predicted octanol–water partition coefficient (Wildman–Crippen LogP) is 2.91. The van der Waals surface area contributed by atoms with Crippen molar-refractivity contribution in [3.8, 4) is 11.5 Å². The summed E-state index contributed by atoms with van der Waals surface area (Å²) in [6, 6.07) is 6.26. The molecule has 1 spiro atoms. The van der Waals surface area contributed by atoms with Crippen LogP contribution >= 0.6 is 0 Å². The molecule has 0 radical (unpaired) electrons. The molecule has 1 aromatic carbocycles. The fourth-order valence-corrected chi connectivity index (χ4v) is 4.32. The average molecular weight is 384 g/mol. The van der Waals surface area contributed by atoms with Crippen molar-refractivity contribution < 1.29 is 14.2 Å². The van der Waals surface area contributed by atoms with E-state index in [1.54, 1.807) is 14.2 Å².